The summed E-state index contributed by atoms with van der Waals surface area (Å²) in [5.41, 5.74) is 0. The van der Waals surface area contributed by atoms with E-state index < -0.39 is 10.3 Å². The van der Waals surface area contributed by atoms with Gasteiger partial charge in [0.1, 0.15) is 0 Å². The first kappa shape index (κ1) is 11.9. The summed E-state index contributed by atoms with van der Waals surface area (Å²) in [6.45, 7) is 0.153. The fourth-order valence-corrected chi connectivity index (χ4v) is 2.20. The highest BCUT2D eigenvalue weighted by Crippen LogP contribution is 2.26. The summed E-state index contributed by atoms with van der Waals surface area (Å²) in [6.07, 6.45) is 6.83. The zero-order valence-corrected chi connectivity index (χ0v) is 8.92. The van der Waals surface area contributed by atoms with Crippen molar-refractivity contribution in [2.75, 3.05) is 6.61 Å². The van der Waals surface area contributed by atoms with Crippen molar-refractivity contribution in [1.29, 1.82) is 0 Å². The van der Waals surface area contributed by atoms with Crippen LogP contribution in [0.25, 0.3) is 0 Å². The summed E-state index contributed by atoms with van der Waals surface area (Å²) in [6, 6.07) is 0. The Balaban J connectivity index is 2.14. The van der Waals surface area contributed by atoms with E-state index in [1.165, 1.54) is 19.3 Å². The van der Waals surface area contributed by atoms with Crippen LogP contribution in [-0.2, 0) is 14.5 Å². The second-order valence-electron chi connectivity index (χ2n) is 3.66. The molecule has 14 heavy (non-hydrogen) atoms. The van der Waals surface area contributed by atoms with Gasteiger partial charge in [-0.3, -0.25) is 4.18 Å². The molecule has 0 unspecified atom stereocenters. The normalized spacial score (nSPS) is 19.8. The van der Waals surface area contributed by atoms with Crippen LogP contribution in [-0.4, -0.2) is 20.2 Å². The van der Waals surface area contributed by atoms with Gasteiger partial charge in [0.05, 0.1) is 6.61 Å². The SMILES string of the molecule is O=S(=O)(NO)OCCC1CCCCC1. The highest BCUT2D eigenvalue weighted by molar-refractivity contribution is 7.84. The Hall–Kier alpha value is -0.170. The Kier molecular flexibility index (Phi) is 4.80. The molecule has 6 heteroatoms. The van der Waals surface area contributed by atoms with Crippen LogP contribution in [0.2, 0.25) is 0 Å². The second-order valence-corrected chi connectivity index (χ2v) is 4.99. The molecule has 0 aromatic carbocycles. The van der Waals surface area contributed by atoms with Crippen molar-refractivity contribution in [3.63, 3.8) is 0 Å². The van der Waals surface area contributed by atoms with Crippen molar-refractivity contribution >= 4 is 10.3 Å². The maximum atomic E-state index is 10.7. The first-order chi connectivity index (χ1) is 6.64. The molecule has 0 radical (unpaired) electrons. The van der Waals surface area contributed by atoms with Gasteiger partial charge >= 0.3 is 10.3 Å². The molecule has 0 atom stereocenters. The van der Waals surface area contributed by atoms with Gasteiger partial charge < -0.3 is 5.21 Å². The van der Waals surface area contributed by atoms with Crippen LogP contribution in [0.5, 0.6) is 0 Å². The van der Waals surface area contributed by atoms with Gasteiger partial charge in [0.2, 0.25) is 0 Å². The van der Waals surface area contributed by atoms with Gasteiger partial charge in [-0.25, -0.2) is 0 Å². The quantitative estimate of drug-likeness (QED) is 0.687. The Morgan fingerprint density at radius 3 is 2.50 bits per heavy atom. The second kappa shape index (κ2) is 5.65. The van der Waals surface area contributed by atoms with Crippen LogP contribution in [0.4, 0.5) is 0 Å². The summed E-state index contributed by atoms with van der Waals surface area (Å²) in [5, 5.41) is 8.17. The summed E-state index contributed by atoms with van der Waals surface area (Å²) >= 11 is 0. The van der Waals surface area contributed by atoms with E-state index in [4.69, 9.17) is 5.21 Å². The molecule has 1 fully saturated rings. The average molecular weight is 223 g/mol. The van der Waals surface area contributed by atoms with Crippen molar-refractivity contribution < 1.29 is 17.8 Å². The van der Waals surface area contributed by atoms with Gasteiger partial charge in [-0.15, -0.1) is 0 Å². The molecule has 0 saturated heterocycles. The third-order valence-electron chi connectivity index (χ3n) is 2.60. The number of hydrogen-bond acceptors (Lipinski definition) is 4. The maximum Gasteiger partial charge on any atom is 0.358 e. The molecule has 1 aliphatic carbocycles. The van der Waals surface area contributed by atoms with Gasteiger partial charge in [-0.1, -0.05) is 37.0 Å². The van der Waals surface area contributed by atoms with E-state index in [0.29, 0.717) is 5.92 Å². The predicted octanol–water partition coefficient (Wildman–Crippen LogP) is 1.20. The van der Waals surface area contributed by atoms with Crippen LogP contribution < -0.4 is 4.89 Å². The lowest BCUT2D eigenvalue weighted by Crippen LogP contribution is -2.23. The highest BCUT2D eigenvalue weighted by atomic mass is 32.2. The van der Waals surface area contributed by atoms with Crippen molar-refractivity contribution in [2.24, 2.45) is 5.92 Å². The minimum absolute atomic E-state index is 0.153. The molecule has 0 amide bonds. The summed E-state index contributed by atoms with van der Waals surface area (Å²) in [7, 11) is -3.91. The fourth-order valence-electron chi connectivity index (χ4n) is 1.83. The van der Waals surface area contributed by atoms with Crippen LogP contribution in [0.1, 0.15) is 38.5 Å². The lowest BCUT2D eigenvalue weighted by Gasteiger charge is -2.20. The third-order valence-corrected chi connectivity index (χ3v) is 3.30. The van der Waals surface area contributed by atoms with Crippen molar-refractivity contribution in [3.8, 4) is 0 Å². The lowest BCUT2D eigenvalue weighted by atomic mass is 9.87. The first-order valence-electron chi connectivity index (χ1n) is 4.94. The molecular formula is C8H17NO4S. The largest absolute Gasteiger partial charge is 0.358 e. The first-order valence-corrected chi connectivity index (χ1v) is 6.35. The van der Waals surface area contributed by atoms with Gasteiger partial charge in [0, 0.05) is 0 Å². The predicted molar refractivity (Wildman–Crippen MR) is 51.0 cm³/mol. The molecule has 1 aliphatic rings. The molecule has 0 heterocycles. The molecule has 0 spiro atoms. The molecule has 1 rings (SSSR count). The Bertz CT molecular complexity index is 246. The summed E-state index contributed by atoms with van der Waals surface area (Å²) < 4.78 is 25.8. The van der Waals surface area contributed by atoms with Gasteiger partial charge in [0.25, 0.3) is 0 Å². The van der Waals surface area contributed by atoms with E-state index >= 15 is 0 Å². The highest BCUT2D eigenvalue weighted by Gasteiger charge is 2.15. The average Bonchev–Trinajstić information content (AvgIpc) is 2.19. The van der Waals surface area contributed by atoms with Crippen molar-refractivity contribution in [2.45, 2.75) is 38.5 Å². The van der Waals surface area contributed by atoms with E-state index in [1.807, 2.05) is 0 Å². The number of rotatable bonds is 5. The van der Waals surface area contributed by atoms with Gasteiger partial charge in [-0.2, -0.15) is 8.42 Å². The molecule has 0 aliphatic heterocycles. The topological polar surface area (TPSA) is 75.6 Å². The smallest absolute Gasteiger partial charge is 0.300 e. The molecule has 84 valence electrons. The lowest BCUT2D eigenvalue weighted by molar-refractivity contribution is 0.192. The van der Waals surface area contributed by atoms with Crippen molar-refractivity contribution in [1.82, 2.24) is 4.89 Å². The van der Waals surface area contributed by atoms with Crippen LogP contribution in [0, 0.1) is 5.92 Å². The van der Waals surface area contributed by atoms with Crippen LogP contribution in [0.15, 0.2) is 0 Å². The molecule has 0 aromatic rings. The van der Waals surface area contributed by atoms with E-state index in [9.17, 15) is 8.42 Å². The van der Waals surface area contributed by atoms with E-state index in [-0.39, 0.29) is 6.61 Å². The van der Waals surface area contributed by atoms with Crippen molar-refractivity contribution in [3.05, 3.63) is 0 Å². The molecule has 1 saturated carbocycles. The van der Waals surface area contributed by atoms with E-state index in [0.717, 1.165) is 24.1 Å². The fraction of sp³-hybridized carbons (Fsp3) is 1.00. The minimum atomic E-state index is -3.91. The summed E-state index contributed by atoms with van der Waals surface area (Å²) in [4.78, 5) is 1.13. The molecule has 0 aromatic heterocycles. The summed E-state index contributed by atoms with van der Waals surface area (Å²) in [5.74, 6) is 0.581. The van der Waals surface area contributed by atoms with Crippen LogP contribution >= 0.6 is 0 Å². The number of hydrogen-bond donors (Lipinski definition) is 2. The van der Waals surface area contributed by atoms with Crippen LogP contribution in [0.3, 0.4) is 0 Å². The van der Waals surface area contributed by atoms with E-state index in [1.54, 1.807) is 0 Å². The molecule has 2 N–H and O–H groups in total. The molecular weight excluding hydrogens is 206 g/mol. The monoisotopic (exact) mass is 223 g/mol. The third kappa shape index (κ3) is 4.36. The van der Waals surface area contributed by atoms with Gasteiger partial charge in [-0.05, 0) is 12.3 Å². The van der Waals surface area contributed by atoms with Gasteiger partial charge in [0.15, 0.2) is 0 Å². The Morgan fingerprint density at radius 1 is 1.29 bits per heavy atom. The molecule has 5 nitrogen and oxygen atoms in total. The molecule has 0 bridgehead atoms. The van der Waals surface area contributed by atoms with E-state index in [2.05, 4.69) is 4.18 Å². The Labute approximate surface area is 84.7 Å². The zero-order valence-electron chi connectivity index (χ0n) is 8.11. The standard InChI is InChI=1S/C8H17NO4S/c10-9-14(11,12)13-7-6-8-4-2-1-3-5-8/h8-10H,1-7H2. The maximum absolute atomic E-state index is 10.7. The Morgan fingerprint density at radius 2 is 1.93 bits per heavy atom. The minimum Gasteiger partial charge on any atom is -0.300 e. The number of nitrogens with one attached hydrogen (secondary N) is 1. The zero-order chi connectivity index (χ0) is 10.4.